The van der Waals surface area contributed by atoms with Crippen molar-refractivity contribution in [2.45, 2.75) is 26.3 Å². The number of hydrogen-bond acceptors (Lipinski definition) is 2. The Morgan fingerprint density at radius 1 is 1.60 bits per heavy atom. The molecule has 0 bridgehead atoms. The molecule has 0 aliphatic rings. The van der Waals surface area contributed by atoms with Crippen LogP contribution in [0.4, 0.5) is 0 Å². The third-order valence-electron chi connectivity index (χ3n) is 2.50. The van der Waals surface area contributed by atoms with Gasteiger partial charge in [-0.3, -0.25) is 0 Å². The Morgan fingerprint density at radius 3 is 2.73 bits per heavy atom. The third kappa shape index (κ3) is 2.41. The van der Waals surface area contributed by atoms with Crippen LogP contribution in [0.2, 0.25) is 0 Å². The van der Waals surface area contributed by atoms with Gasteiger partial charge in [0.25, 0.3) is 0 Å². The number of aryl methyl sites for hydroxylation is 1. The molecule has 15 heavy (non-hydrogen) atoms. The Kier molecular flexibility index (Phi) is 3.94. The van der Waals surface area contributed by atoms with E-state index in [1.165, 1.54) is 0 Å². The minimum atomic E-state index is -0.195. The summed E-state index contributed by atoms with van der Waals surface area (Å²) in [6.07, 6.45) is 2.42. The van der Waals surface area contributed by atoms with Gasteiger partial charge in [-0.25, -0.2) is 0 Å². The molecule has 0 aromatic heterocycles. The van der Waals surface area contributed by atoms with Gasteiger partial charge >= 0.3 is 0 Å². The lowest BCUT2D eigenvalue weighted by Gasteiger charge is -2.17. The molecule has 0 fully saturated rings. The van der Waals surface area contributed by atoms with E-state index in [2.05, 4.69) is 22.5 Å². The monoisotopic (exact) mass is 269 g/mol. The first-order valence-electron chi connectivity index (χ1n) is 4.84. The van der Waals surface area contributed by atoms with Crippen molar-refractivity contribution in [1.29, 1.82) is 0 Å². The third-order valence-corrected chi connectivity index (χ3v) is 3.72. The fourth-order valence-corrected chi connectivity index (χ4v) is 2.05. The van der Waals surface area contributed by atoms with Gasteiger partial charge in [0.1, 0.15) is 5.75 Å². The average Bonchev–Trinajstić information content (AvgIpc) is 2.15. The first-order valence-corrected chi connectivity index (χ1v) is 5.63. The summed E-state index contributed by atoms with van der Waals surface area (Å²) < 4.78 is 1.01. The number of rotatable bonds is 3. The molecule has 1 rings (SSSR count). The summed E-state index contributed by atoms with van der Waals surface area (Å²) in [5.41, 5.74) is 8.79. The Morgan fingerprint density at radius 2 is 2.20 bits per heavy atom. The second kappa shape index (κ2) is 4.81. The number of phenolic OH excluding ortho intramolecular Hbond substituents is 1. The quantitative estimate of drug-likeness (QED) is 0.827. The van der Waals surface area contributed by atoms with Crippen molar-refractivity contribution in [1.82, 2.24) is 0 Å². The molecule has 0 spiro atoms. The Bertz CT molecular complexity index is 388. The summed E-state index contributed by atoms with van der Waals surface area (Å²) in [6, 6.07) is 1.54. The molecule has 3 N–H and O–H groups in total. The largest absolute Gasteiger partial charge is 0.508 e. The minimum absolute atomic E-state index is 0.195. The van der Waals surface area contributed by atoms with Crippen molar-refractivity contribution in [2.24, 2.45) is 5.73 Å². The molecular weight excluding hydrogens is 254 g/mol. The maximum atomic E-state index is 9.86. The van der Waals surface area contributed by atoms with Crippen molar-refractivity contribution >= 4 is 15.9 Å². The number of halogens is 1. The van der Waals surface area contributed by atoms with Gasteiger partial charge in [-0.05, 0) is 37.5 Å². The summed E-state index contributed by atoms with van der Waals surface area (Å²) in [4.78, 5) is 0. The Balaban J connectivity index is 3.28. The van der Waals surface area contributed by atoms with Gasteiger partial charge in [0, 0.05) is 16.1 Å². The summed E-state index contributed by atoms with van der Waals surface area (Å²) in [5.74, 6) is 0.266. The molecule has 0 amide bonds. The van der Waals surface area contributed by atoms with Crippen molar-refractivity contribution in [3.63, 3.8) is 0 Å². The maximum Gasteiger partial charge on any atom is 0.120 e. The molecule has 0 unspecified atom stereocenters. The van der Waals surface area contributed by atoms with E-state index in [0.717, 1.165) is 21.2 Å². The molecule has 1 aromatic carbocycles. The summed E-state index contributed by atoms with van der Waals surface area (Å²) in [5, 5.41) is 9.86. The van der Waals surface area contributed by atoms with Crippen LogP contribution in [0.5, 0.6) is 5.75 Å². The normalized spacial score (nSPS) is 12.5. The van der Waals surface area contributed by atoms with Crippen LogP contribution in [0.25, 0.3) is 0 Å². The molecule has 1 atom stereocenters. The highest BCUT2D eigenvalue weighted by molar-refractivity contribution is 9.10. The van der Waals surface area contributed by atoms with Crippen LogP contribution >= 0.6 is 15.9 Å². The molecule has 0 aliphatic heterocycles. The molecule has 0 saturated heterocycles. The van der Waals surface area contributed by atoms with Crippen molar-refractivity contribution in [3.05, 3.63) is 39.9 Å². The van der Waals surface area contributed by atoms with Crippen molar-refractivity contribution in [2.75, 3.05) is 0 Å². The van der Waals surface area contributed by atoms with Gasteiger partial charge in [0.05, 0.1) is 0 Å². The standard InChI is InChI=1S/C12H16BrNO/c1-4-5-9(14)11-8(3)12(13)7(2)6-10(11)15/h4,6,9,15H,1,5,14H2,2-3H3/t9-/m0/s1. The molecule has 82 valence electrons. The number of aromatic hydroxyl groups is 1. The van der Waals surface area contributed by atoms with Crippen molar-refractivity contribution < 1.29 is 5.11 Å². The first-order chi connectivity index (χ1) is 6.99. The molecule has 0 heterocycles. The van der Waals surface area contributed by atoms with E-state index in [4.69, 9.17) is 5.73 Å². The zero-order valence-electron chi connectivity index (χ0n) is 9.05. The maximum absolute atomic E-state index is 9.86. The number of nitrogens with two attached hydrogens (primary N) is 1. The lowest BCUT2D eigenvalue weighted by atomic mass is 9.96. The second-order valence-electron chi connectivity index (χ2n) is 3.70. The highest BCUT2D eigenvalue weighted by Gasteiger charge is 2.16. The summed E-state index contributed by atoms with van der Waals surface area (Å²) >= 11 is 3.49. The van der Waals surface area contributed by atoms with Gasteiger partial charge in [0.15, 0.2) is 0 Å². The fraction of sp³-hybridized carbons (Fsp3) is 0.333. The predicted molar refractivity (Wildman–Crippen MR) is 67.0 cm³/mol. The van der Waals surface area contributed by atoms with Gasteiger partial charge in [-0.1, -0.05) is 22.0 Å². The van der Waals surface area contributed by atoms with E-state index in [0.29, 0.717) is 6.42 Å². The SMILES string of the molecule is C=CC[C@H](N)c1c(O)cc(C)c(Br)c1C. The van der Waals surface area contributed by atoms with E-state index in [9.17, 15) is 5.11 Å². The Hall–Kier alpha value is -0.800. The molecular formula is C12H16BrNO. The van der Waals surface area contributed by atoms with Gasteiger partial charge in [-0.15, -0.1) is 6.58 Å². The van der Waals surface area contributed by atoms with Gasteiger partial charge in [0.2, 0.25) is 0 Å². The molecule has 0 radical (unpaired) electrons. The lowest BCUT2D eigenvalue weighted by Crippen LogP contribution is -2.11. The molecule has 1 aromatic rings. The summed E-state index contributed by atoms with van der Waals surface area (Å²) in [7, 11) is 0. The average molecular weight is 270 g/mol. The number of hydrogen-bond donors (Lipinski definition) is 2. The molecule has 3 heteroatoms. The minimum Gasteiger partial charge on any atom is -0.508 e. The molecule has 0 saturated carbocycles. The van der Waals surface area contributed by atoms with Gasteiger partial charge < -0.3 is 10.8 Å². The van der Waals surface area contributed by atoms with E-state index >= 15 is 0 Å². The molecule has 0 aliphatic carbocycles. The highest BCUT2D eigenvalue weighted by Crippen LogP contribution is 2.35. The van der Waals surface area contributed by atoms with Crippen LogP contribution in [-0.2, 0) is 0 Å². The smallest absolute Gasteiger partial charge is 0.120 e. The van der Waals surface area contributed by atoms with Crippen LogP contribution in [0.1, 0.15) is 29.2 Å². The summed E-state index contributed by atoms with van der Waals surface area (Å²) in [6.45, 7) is 7.55. The Labute approximate surface area is 98.9 Å². The van der Waals surface area contributed by atoms with Crippen LogP contribution in [0, 0.1) is 13.8 Å². The zero-order chi connectivity index (χ0) is 11.6. The fourth-order valence-electron chi connectivity index (χ4n) is 1.72. The van der Waals surface area contributed by atoms with Crippen molar-refractivity contribution in [3.8, 4) is 5.75 Å². The zero-order valence-corrected chi connectivity index (χ0v) is 10.6. The van der Waals surface area contributed by atoms with E-state index < -0.39 is 0 Å². The highest BCUT2D eigenvalue weighted by atomic mass is 79.9. The topological polar surface area (TPSA) is 46.2 Å². The van der Waals surface area contributed by atoms with Gasteiger partial charge in [-0.2, -0.15) is 0 Å². The van der Waals surface area contributed by atoms with Crippen LogP contribution < -0.4 is 5.73 Å². The van der Waals surface area contributed by atoms with Crippen LogP contribution in [0.3, 0.4) is 0 Å². The first kappa shape index (κ1) is 12.3. The predicted octanol–water partition coefficient (Wildman–Crippen LogP) is 3.35. The lowest BCUT2D eigenvalue weighted by molar-refractivity contribution is 0.460. The molecule has 2 nitrogen and oxygen atoms in total. The van der Waals surface area contributed by atoms with E-state index in [-0.39, 0.29) is 11.8 Å². The van der Waals surface area contributed by atoms with Crippen LogP contribution in [-0.4, -0.2) is 5.11 Å². The van der Waals surface area contributed by atoms with E-state index in [1.807, 2.05) is 13.8 Å². The number of benzene rings is 1. The number of phenols is 1. The van der Waals surface area contributed by atoms with E-state index in [1.54, 1.807) is 12.1 Å². The van der Waals surface area contributed by atoms with Crippen LogP contribution in [0.15, 0.2) is 23.2 Å². The second-order valence-corrected chi connectivity index (χ2v) is 4.49.